The Balaban J connectivity index is 2.79. The van der Waals surface area contributed by atoms with Gasteiger partial charge in [-0.1, -0.05) is 54.4 Å². The number of ether oxygens (including phenoxy) is 5. The van der Waals surface area contributed by atoms with Crippen molar-refractivity contribution in [2.45, 2.75) is 241 Å². The lowest BCUT2D eigenvalue weighted by Crippen LogP contribution is -2.48. The molecule has 1 heterocycles. The Bertz CT molecular complexity index is 1510. The summed E-state index contributed by atoms with van der Waals surface area (Å²) < 4.78 is 29.1. The number of esters is 4. The summed E-state index contributed by atoms with van der Waals surface area (Å²) in [4.78, 5) is 64.7. The van der Waals surface area contributed by atoms with Gasteiger partial charge in [-0.05, 0) is 120 Å². The number of terminal acetylenes is 1. The van der Waals surface area contributed by atoms with Crippen molar-refractivity contribution in [3.63, 3.8) is 0 Å². The standard InChI is InChI=1S/C50H87NO11/c1-17-22-36(24-20-30-44(4,5)48(12,13)60-41(54)28-27-38(52)29-32-46(8,9)57)42(55)61-49(14,15)45(6,7)31-21-25-37(33-39-34-58-39)43(56)62-50(16,51)35(3)23-19-26-40(53)59-47(10,11)18-2/h1,35-37,39,57H,18-34,51H2,2-16H3. The van der Waals surface area contributed by atoms with Gasteiger partial charge in [-0.2, -0.15) is 0 Å². The number of hydrogen-bond donors (Lipinski definition) is 2. The van der Waals surface area contributed by atoms with Crippen molar-refractivity contribution in [1.82, 2.24) is 0 Å². The molecule has 358 valence electrons. The van der Waals surface area contributed by atoms with E-state index in [1.807, 2.05) is 69.2 Å². The topological polar surface area (TPSA) is 181 Å². The van der Waals surface area contributed by atoms with Crippen molar-refractivity contribution in [3.8, 4) is 12.3 Å². The van der Waals surface area contributed by atoms with Gasteiger partial charge < -0.3 is 28.8 Å². The summed E-state index contributed by atoms with van der Waals surface area (Å²) in [5, 5.41) is 9.89. The molecule has 5 unspecified atom stereocenters. The van der Waals surface area contributed by atoms with E-state index in [4.69, 9.17) is 35.8 Å². The average molecular weight is 878 g/mol. The third kappa shape index (κ3) is 20.7. The molecule has 0 saturated carbocycles. The Labute approximate surface area is 375 Å². The molecule has 1 rings (SSSR count). The second-order valence-electron chi connectivity index (χ2n) is 21.8. The van der Waals surface area contributed by atoms with Gasteiger partial charge in [-0.15, -0.1) is 12.3 Å². The quantitative estimate of drug-likeness (QED) is 0.0222. The number of aliphatic hydroxyl groups is 1. The van der Waals surface area contributed by atoms with Crippen LogP contribution in [0, 0.1) is 40.9 Å². The van der Waals surface area contributed by atoms with E-state index in [0.29, 0.717) is 70.8 Å². The van der Waals surface area contributed by atoms with Crippen LogP contribution in [0.1, 0.15) is 207 Å². The third-order valence-corrected chi connectivity index (χ3v) is 13.9. The van der Waals surface area contributed by atoms with Crippen LogP contribution in [-0.2, 0) is 47.7 Å². The van der Waals surface area contributed by atoms with Gasteiger partial charge in [0.2, 0.25) is 0 Å². The summed E-state index contributed by atoms with van der Waals surface area (Å²) in [5.74, 6) is 0.0129. The Kier molecular flexibility index (Phi) is 21.9. The second kappa shape index (κ2) is 23.8. The first-order valence-corrected chi connectivity index (χ1v) is 23.2. The second-order valence-corrected chi connectivity index (χ2v) is 21.8. The molecule has 0 spiro atoms. The summed E-state index contributed by atoms with van der Waals surface area (Å²) in [7, 11) is 0. The average Bonchev–Trinajstić information content (AvgIpc) is 3.95. The molecule has 1 aliphatic rings. The maximum Gasteiger partial charge on any atom is 0.310 e. The van der Waals surface area contributed by atoms with E-state index in [0.717, 1.165) is 6.42 Å². The summed E-state index contributed by atoms with van der Waals surface area (Å²) in [6.45, 7) is 29.0. The first-order valence-electron chi connectivity index (χ1n) is 23.2. The van der Waals surface area contributed by atoms with Crippen LogP contribution >= 0.6 is 0 Å². The summed E-state index contributed by atoms with van der Waals surface area (Å²) in [6.07, 6.45) is 12.9. The van der Waals surface area contributed by atoms with Crippen molar-refractivity contribution in [3.05, 3.63) is 0 Å². The zero-order valence-electron chi connectivity index (χ0n) is 41.5. The molecule has 3 N–H and O–H groups in total. The van der Waals surface area contributed by atoms with Gasteiger partial charge >= 0.3 is 23.9 Å². The van der Waals surface area contributed by atoms with E-state index in [1.54, 1.807) is 20.8 Å². The SMILES string of the molecule is C#CCC(CCCC(C)(C)C(C)(C)OC(=O)CCC(=O)CCC(C)(C)O)C(=O)OC(C)(C)C(C)(C)CCCC(CC1CO1)C(=O)OC(C)(N)C(C)CCCC(=O)OC(C)(C)CC. The van der Waals surface area contributed by atoms with E-state index in [-0.39, 0.29) is 67.8 Å². The van der Waals surface area contributed by atoms with Gasteiger partial charge in [0.05, 0.1) is 36.6 Å². The fourth-order valence-electron chi connectivity index (χ4n) is 6.91. The van der Waals surface area contributed by atoms with Crippen LogP contribution in [0.2, 0.25) is 0 Å². The van der Waals surface area contributed by atoms with Gasteiger partial charge in [0.1, 0.15) is 22.6 Å². The molecule has 12 heteroatoms. The molecule has 62 heavy (non-hydrogen) atoms. The fraction of sp³-hybridized carbons (Fsp3) is 0.860. The van der Waals surface area contributed by atoms with Crippen molar-refractivity contribution in [2.75, 3.05) is 6.61 Å². The molecule has 1 fully saturated rings. The van der Waals surface area contributed by atoms with E-state index >= 15 is 0 Å². The Morgan fingerprint density at radius 1 is 0.694 bits per heavy atom. The van der Waals surface area contributed by atoms with Gasteiger partial charge in [-0.3, -0.25) is 29.7 Å². The Hall–Kier alpha value is -3.01. The minimum Gasteiger partial charge on any atom is -0.460 e. The molecule has 0 aromatic rings. The number of Topliss-reactive ketones (excluding diaryl/α,β-unsaturated/α-hetero) is 1. The highest BCUT2D eigenvalue weighted by atomic mass is 16.6. The third-order valence-electron chi connectivity index (χ3n) is 13.9. The molecule has 1 saturated heterocycles. The predicted molar refractivity (Wildman–Crippen MR) is 242 cm³/mol. The minimum absolute atomic E-state index is 0.0100. The van der Waals surface area contributed by atoms with Gasteiger partial charge in [0.15, 0.2) is 5.72 Å². The first-order chi connectivity index (χ1) is 28.2. The highest BCUT2D eigenvalue weighted by Crippen LogP contribution is 2.42. The molecular formula is C50H87NO11. The minimum atomic E-state index is -1.22. The maximum absolute atomic E-state index is 13.7. The summed E-state index contributed by atoms with van der Waals surface area (Å²) in [5.41, 5.74) is 1.27. The molecule has 0 aromatic carbocycles. The van der Waals surface area contributed by atoms with Gasteiger partial charge in [0, 0.05) is 42.4 Å². The lowest BCUT2D eigenvalue weighted by Gasteiger charge is -2.42. The Morgan fingerprint density at radius 2 is 1.19 bits per heavy atom. The van der Waals surface area contributed by atoms with Crippen LogP contribution < -0.4 is 5.73 Å². The molecule has 0 aromatic heterocycles. The van der Waals surface area contributed by atoms with Crippen molar-refractivity contribution in [1.29, 1.82) is 0 Å². The molecule has 0 radical (unpaired) electrons. The summed E-state index contributed by atoms with van der Waals surface area (Å²) >= 11 is 0. The van der Waals surface area contributed by atoms with Crippen LogP contribution in [0.25, 0.3) is 0 Å². The Morgan fingerprint density at radius 3 is 1.69 bits per heavy atom. The highest BCUT2D eigenvalue weighted by molar-refractivity contribution is 5.83. The molecule has 12 nitrogen and oxygen atoms in total. The maximum atomic E-state index is 13.7. The number of epoxide rings is 1. The molecule has 0 bridgehead atoms. The zero-order valence-corrected chi connectivity index (χ0v) is 41.5. The molecule has 5 atom stereocenters. The van der Waals surface area contributed by atoms with E-state index in [1.165, 1.54) is 0 Å². The largest absolute Gasteiger partial charge is 0.460 e. The van der Waals surface area contributed by atoms with Crippen molar-refractivity contribution < 1.29 is 52.8 Å². The zero-order chi connectivity index (χ0) is 48.0. The van der Waals surface area contributed by atoms with Crippen molar-refractivity contribution in [2.24, 2.45) is 34.3 Å². The van der Waals surface area contributed by atoms with Crippen molar-refractivity contribution >= 4 is 29.7 Å². The van der Waals surface area contributed by atoms with Crippen LogP contribution in [0.3, 0.4) is 0 Å². The summed E-state index contributed by atoms with van der Waals surface area (Å²) in [6, 6.07) is 0. The van der Waals surface area contributed by atoms with E-state index in [9.17, 15) is 29.1 Å². The van der Waals surface area contributed by atoms with Gasteiger partial charge in [-0.25, -0.2) is 0 Å². The number of nitrogens with two attached hydrogens (primary N) is 1. The van der Waals surface area contributed by atoms with Crippen LogP contribution in [0.15, 0.2) is 0 Å². The highest BCUT2D eigenvalue weighted by Gasteiger charge is 2.44. The number of carbonyl (C=O) groups is 5. The van der Waals surface area contributed by atoms with Gasteiger partial charge in [0.25, 0.3) is 0 Å². The van der Waals surface area contributed by atoms with Crippen LogP contribution in [0.5, 0.6) is 0 Å². The number of hydrogen-bond acceptors (Lipinski definition) is 12. The van der Waals surface area contributed by atoms with Crippen LogP contribution in [-0.4, -0.2) is 75.6 Å². The monoisotopic (exact) mass is 878 g/mol. The molecule has 0 amide bonds. The van der Waals surface area contributed by atoms with Crippen LogP contribution in [0.4, 0.5) is 0 Å². The molecular weight excluding hydrogens is 791 g/mol. The smallest absolute Gasteiger partial charge is 0.310 e. The first kappa shape index (κ1) is 57.0. The predicted octanol–water partition coefficient (Wildman–Crippen LogP) is 9.72. The number of carbonyl (C=O) groups excluding carboxylic acids is 5. The normalized spacial score (nSPS) is 17.5. The molecule has 1 aliphatic heterocycles. The number of rotatable bonds is 31. The fourth-order valence-corrected chi connectivity index (χ4v) is 6.91. The van der Waals surface area contributed by atoms with E-state index in [2.05, 4.69) is 19.8 Å². The number of ketones is 1. The lowest BCUT2D eigenvalue weighted by atomic mass is 9.72. The molecule has 0 aliphatic carbocycles. The van der Waals surface area contributed by atoms with E-state index < -0.39 is 56.8 Å². The lowest BCUT2D eigenvalue weighted by molar-refractivity contribution is -0.174.